The van der Waals surface area contributed by atoms with Crippen LogP contribution in [0.3, 0.4) is 0 Å². The van der Waals surface area contributed by atoms with Crippen molar-refractivity contribution in [2.24, 2.45) is 7.05 Å². The van der Waals surface area contributed by atoms with Gasteiger partial charge in [-0.15, -0.1) is 0 Å². The third-order valence-electron chi connectivity index (χ3n) is 6.73. The lowest BCUT2D eigenvalue weighted by Crippen LogP contribution is -2.70. The molecule has 3 aromatic rings. The zero-order valence-electron chi connectivity index (χ0n) is 17.9. The Morgan fingerprint density at radius 3 is 2.56 bits per heavy atom. The molecule has 3 fully saturated rings. The molecule has 1 unspecified atom stereocenters. The van der Waals surface area contributed by atoms with E-state index in [1.54, 1.807) is 17.7 Å². The second kappa shape index (κ2) is 6.76. The van der Waals surface area contributed by atoms with Crippen molar-refractivity contribution in [1.29, 1.82) is 0 Å². The third-order valence-corrected chi connectivity index (χ3v) is 6.94. The highest BCUT2D eigenvalue weighted by Crippen LogP contribution is 2.67. The number of aromatic nitrogens is 3. The molecule has 0 saturated heterocycles. The number of hydrogen-bond acceptors (Lipinski definition) is 6. The molecule has 2 heterocycles. The average molecular weight is 455 g/mol. The van der Waals surface area contributed by atoms with E-state index in [4.69, 9.17) is 16.6 Å². The monoisotopic (exact) mass is 454 g/mol. The number of aliphatic hydroxyl groups is 1. The normalized spacial score (nSPS) is 24.5. The number of anilines is 1. The number of hydrogen-bond donors (Lipinski definition) is 3. The van der Waals surface area contributed by atoms with E-state index in [-0.39, 0.29) is 27.9 Å². The summed E-state index contributed by atoms with van der Waals surface area (Å²) >= 11 is 5.87. The smallest absolute Gasteiger partial charge is 0.356 e. The Labute approximate surface area is 188 Å². The van der Waals surface area contributed by atoms with Crippen molar-refractivity contribution in [3.05, 3.63) is 62.4 Å². The van der Waals surface area contributed by atoms with Crippen molar-refractivity contribution in [2.75, 3.05) is 5.32 Å². The number of nitrogens with zero attached hydrogens (tertiary/aromatic N) is 3. The third kappa shape index (κ3) is 3.01. The van der Waals surface area contributed by atoms with Gasteiger partial charge in [-0.1, -0.05) is 17.7 Å². The van der Waals surface area contributed by atoms with Gasteiger partial charge in [0.05, 0.1) is 28.2 Å². The Morgan fingerprint density at radius 1 is 1.25 bits per heavy atom. The molecule has 8 nitrogen and oxygen atoms in total. The Bertz CT molecular complexity index is 1350. The molecule has 6 rings (SSSR count). The number of carboxylic acids is 1. The molecule has 0 aliphatic heterocycles. The van der Waals surface area contributed by atoms with Crippen molar-refractivity contribution < 1.29 is 15.0 Å². The quantitative estimate of drug-likeness (QED) is 0.506. The number of halogens is 1. The van der Waals surface area contributed by atoms with Crippen LogP contribution in [0.4, 0.5) is 5.69 Å². The summed E-state index contributed by atoms with van der Waals surface area (Å²) in [6.07, 6.45) is 1.87. The molecule has 3 aliphatic rings. The van der Waals surface area contributed by atoms with Gasteiger partial charge in [-0.25, -0.2) is 14.8 Å². The van der Waals surface area contributed by atoms with Crippen molar-refractivity contribution in [2.45, 2.75) is 50.2 Å². The SMILES string of the molecule is Cc1cc(C(C)Nc2ccc(Cl)nc2C(=O)O)c2nc(C34CC(O)(C3)C4)n(C)c(=O)c2c1. The lowest BCUT2D eigenvalue weighted by atomic mass is 9.41. The van der Waals surface area contributed by atoms with Crippen LogP contribution in [0.2, 0.25) is 5.15 Å². The van der Waals surface area contributed by atoms with Crippen LogP contribution in [-0.2, 0) is 12.5 Å². The van der Waals surface area contributed by atoms with Crippen LogP contribution in [0.25, 0.3) is 10.9 Å². The number of carbonyl (C=O) groups is 1. The lowest BCUT2D eigenvalue weighted by molar-refractivity contribution is -0.217. The maximum Gasteiger partial charge on any atom is 0.356 e. The summed E-state index contributed by atoms with van der Waals surface area (Å²) in [7, 11) is 1.73. The Balaban J connectivity index is 1.62. The van der Waals surface area contributed by atoms with E-state index in [2.05, 4.69) is 10.3 Å². The predicted octanol–water partition coefficient (Wildman–Crippen LogP) is 3.33. The van der Waals surface area contributed by atoms with Gasteiger partial charge in [0.25, 0.3) is 5.56 Å². The van der Waals surface area contributed by atoms with Gasteiger partial charge in [-0.2, -0.15) is 0 Å². The molecule has 2 bridgehead atoms. The van der Waals surface area contributed by atoms with Crippen molar-refractivity contribution in [3.63, 3.8) is 0 Å². The minimum absolute atomic E-state index is 0.0941. The molecule has 0 spiro atoms. The van der Waals surface area contributed by atoms with Crippen molar-refractivity contribution in [1.82, 2.24) is 14.5 Å². The van der Waals surface area contributed by atoms with E-state index >= 15 is 0 Å². The lowest BCUT2D eigenvalue weighted by Gasteiger charge is -2.67. The minimum atomic E-state index is -1.19. The molecular formula is C23H23ClN4O4. The van der Waals surface area contributed by atoms with Crippen LogP contribution < -0.4 is 10.9 Å². The average Bonchev–Trinajstić information content (AvgIpc) is 2.68. The first-order chi connectivity index (χ1) is 15.0. The molecular weight excluding hydrogens is 432 g/mol. The molecule has 1 atom stereocenters. The molecule has 0 radical (unpaired) electrons. The number of carboxylic acid groups (broad SMARTS) is 1. The van der Waals surface area contributed by atoms with E-state index in [1.165, 1.54) is 6.07 Å². The first-order valence-corrected chi connectivity index (χ1v) is 10.8. The van der Waals surface area contributed by atoms with Gasteiger partial charge in [0.2, 0.25) is 0 Å². The standard InChI is InChI=1S/C23H23ClN4O4/c1-11-6-13(12(2)25-15-4-5-16(24)26-18(15)20(30)31)17-14(7-11)19(29)28(3)21(27-17)22-8-23(32,9-22)10-22/h4-7,12,25,32H,8-10H2,1-3H3,(H,30,31). The zero-order chi connectivity index (χ0) is 23.0. The summed E-state index contributed by atoms with van der Waals surface area (Å²) in [6, 6.07) is 6.52. The number of pyridine rings is 1. The van der Waals surface area contributed by atoms with Crippen LogP contribution in [0.15, 0.2) is 29.1 Å². The first kappa shape index (κ1) is 20.9. The summed E-state index contributed by atoms with van der Waals surface area (Å²) in [4.78, 5) is 33.7. The van der Waals surface area contributed by atoms with Gasteiger partial charge >= 0.3 is 5.97 Å². The highest BCUT2D eigenvalue weighted by atomic mass is 35.5. The van der Waals surface area contributed by atoms with Crippen LogP contribution in [0.5, 0.6) is 0 Å². The fourth-order valence-corrected chi connectivity index (χ4v) is 5.50. The number of nitrogens with one attached hydrogen (secondary N) is 1. The molecule has 9 heteroatoms. The Hall–Kier alpha value is -2.97. The van der Waals surface area contributed by atoms with E-state index in [0.717, 1.165) is 11.1 Å². The highest BCUT2D eigenvalue weighted by Gasteiger charge is 2.69. The Kier molecular flexibility index (Phi) is 4.42. The molecule has 2 aromatic heterocycles. The van der Waals surface area contributed by atoms with Gasteiger partial charge in [0.1, 0.15) is 11.0 Å². The van der Waals surface area contributed by atoms with Crippen LogP contribution in [0.1, 0.15) is 59.7 Å². The fourth-order valence-electron chi connectivity index (χ4n) is 5.35. The number of rotatable bonds is 5. The summed E-state index contributed by atoms with van der Waals surface area (Å²) in [5, 5.41) is 23.5. The van der Waals surface area contributed by atoms with Gasteiger partial charge < -0.3 is 15.5 Å². The van der Waals surface area contributed by atoms with E-state index in [1.807, 2.05) is 26.0 Å². The number of benzene rings is 1. The maximum atomic E-state index is 13.2. The van der Waals surface area contributed by atoms with Gasteiger partial charge in [0.15, 0.2) is 5.69 Å². The first-order valence-electron chi connectivity index (χ1n) is 10.4. The fraction of sp³-hybridized carbons (Fsp3) is 0.391. The zero-order valence-corrected chi connectivity index (χ0v) is 18.7. The van der Waals surface area contributed by atoms with Crippen LogP contribution >= 0.6 is 11.6 Å². The van der Waals surface area contributed by atoms with Crippen LogP contribution in [-0.4, -0.2) is 36.3 Å². The summed E-state index contributed by atoms with van der Waals surface area (Å²) < 4.78 is 1.61. The number of aromatic carboxylic acids is 1. The highest BCUT2D eigenvalue weighted by molar-refractivity contribution is 6.29. The van der Waals surface area contributed by atoms with Crippen molar-refractivity contribution in [3.8, 4) is 0 Å². The van der Waals surface area contributed by atoms with Crippen LogP contribution in [0, 0.1) is 6.92 Å². The second-order valence-electron chi connectivity index (χ2n) is 9.29. The van der Waals surface area contributed by atoms with Gasteiger partial charge in [-0.3, -0.25) is 9.36 Å². The Morgan fingerprint density at radius 2 is 1.94 bits per heavy atom. The van der Waals surface area contributed by atoms with E-state index in [9.17, 15) is 19.8 Å². The summed E-state index contributed by atoms with van der Waals surface area (Å²) in [5.41, 5.74) is 1.46. The largest absolute Gasteiger partial charge is 0.476 e. The molecule has 0 amide bonds. The number of aryl methyl sites for hydroxylation is 1. The van der Waals surface area contributed by atoms with Gasteiger partial charge in [-0.05, 0) is 56.9 Å². The summed E-state index contributed by atoms with van der Waals surface area (Å²) in [6.45, 7) is 3.79. The van der Waals surface area contributed by atoms with E-state index in [0.29, 0.717) is 41.7 Å². The molecule has 32 heavy (non-hydrogen) atoms. The molecule has 1 aromatic carbocycles. The second-order valence-corrected chi connectivity index (χ2v) is 9.67. The topological polar surface area (TPSA) is 117 Å². The van der Waals surface area contributed by atoms with E-state index < -0.39 is 11.6 Å². The molecule has 3 saturated carbocycles. The van der Waals surface area contributed by atoms with Gasteiger partial charge in [0, 0.05) is 18.0 Å². The molecule has 3 N–H and O–H groups in total. The molecule has 166 valence electrons. The molecule has 3 aliphatic carbocycles. The summed E-state index contributed by atoms with van der Waals surface area (Å²) in [5.74, 6) is -0.491. The predicted molar refractivity (Wildman–Crippen MR) is 120 cm³/mol. The maximum absolute atomic E-state index is 13.2. The van der Waals surface area contributed by atoms with Crippen molar-refractivity contribution >= 4 is 34.2 Å². The number of fused-ring (bicyclic) bond motifs is 1. The minimum Gasteiger partial charge on any atom is -0.476 e.